The molecule has 3 nitrogen and oxygen atoms in total. The van der Waals surface area contributed by atoms with Crippen LogP contribution in [0.1, 0.15) is 40.0 Å². The highest BCUT2D eigenvalue weighted by molar-refractivity contribution is 6.30. The van der Waals surface area contributed by atoms with Gasteiger partial charge in [-0.15, -0.1) is 0 Å². The second kappa shape index (κ2) is 6.04. The van der Waals surface area contributed by atoms with Gasteiger partial charge < -0.3 is 10.1 Å². The van der Waals surface area contributed by atoms with E-state index in [4.69, 9.17) is 16.3 Å². The number of ether oxygens (including phenoxy) is 1. The topological polar surface area (TPSA) is 38.3 Å². The van der Waals surface area contributed by atoms with Gasteiger partial charge in [-0.1, -0.05) is 32.4 Å². The highest BCUT2D eigenvalue weighted by atomic mass is 35.5. The Kier molecular flexibility index (Phi) is 4.59. The van der Waals surface area contributed by atoms with Crippen LogP contribution in [0.25, 0.3) is 0 Å². The van der Waals surface area contributed by atoms with E-state index in [9.17, 15) is 4.79 Å². The van der Waals surface area contributed by atoms with Gasteiger partial charge >= 0.3 is 6.09 Å². The normalized spacial score (nSPS) is 25.0. The Morgan fingerprint density at radius 2 is 1.95 bits per heavy atom. The number of carbonyl (C=O) groups excluding carboxylic acids is 1. The summed E-state index contributed by atoms with van der Waals surface area (Å²) in [7, 11) is 0. The van der Waals surface area contributed by atoms with E-state index in [-0.39, 0.29) is 17.6 Å². The molecule has 1 aliphatic carbocycles. The van der Waals surface area contributed by atoms with E-state index in [1.165, 1.54) is 6.42 Å². The van der Waals surface area contributed by atoms with Gasteiger partial charge in [-0.05, 0) is 54.9 Å². The molecular formula is C16H22ClNO2. The van der Waals surface area contributed by atoms with Crippen LogP contribution in [-0.4, -0.2) is 12.1 Å². The molecule has 0 bridgehead atoms. The van der Waals surface area contributed by atoms with Crippen LogP contribution in [0.3, 0.4) is 0 Å². The summed E-state index contributed by atoms with van der Waals surface area (Å²) in [4.78, 5) is 11.9. The largest absolute Gasteiger partial charge is 0.412 e. The summed E-state index contributed by atoms with van der Waals surface area (Å²) in [5.41, 5.74) is 0.274. The zero-order chi connectivity index (χ0) is 14.8. The smallest absolute Gasteiger partial charge is 0.410 e. The standard InChI is InChI=1S/C16H22ClNO2/c1-11-8-13(10-16(2,3)9-11)18-15(19)20-14-6-4-12(17)5-7-14/h4-7,11,13H,8-10H2,1-3H3,(H,18,19). The zero-order valence-corrected chi connectivity index (χ0v) is 13.0. The van der Waals surface area contributed by atoms with E-state index in [0.29, 0.717) is 16.7 Å². The number of amides is 1. The highest BCUT2D eigenvalue weighted by Crippen LogP contribution is 2.38. The van der Waals surface area contributed by atoms with Crippen LogP contribution in [-0.2, 0) is 0 Å². The number of hydrogen-bond acceptors (Lipinski definition) is 2. The maximum Gasteiger partial charge on any atom is 0.412 e. The first-order valence-corrected chi connectivity index (χ1v) is 7.46. The van der Waals surface area contributed by atoms with E-state index < -0.39 is 0 Å². The van der Waals surface area contributed by atoms with Crippen LogP contribution >= 0.6 is 11.6 Å². The maximum atomic E-state index is 11.9. The van der Waals surface area contributed by atoms with Gasteiger partial charge in [0.1, 0.15) is 5.75 Å². The average Bonchev–Trinajstić information content (AvgIpc) is 2.29. The van der Waals surface area contributed by atoms with Crippen molar-refractivity contribution >= 4 is 17.7 Å². The van der Waals surface area contributed by atoms with Crippen molar-refractivity contribution in [2.75, 3.05) is 0 Å². The van der Waals surface area contributed by atoms with Crippen molar-refractivity contribution in [1.82, 2.24) is 5.32 Å². The molecule has 0 spiro atoms. The predicted molar refractivity (Wildman–Crippen MR) is 81.2 cm³/mol. The molecule has 1 N–H and O–H groups in total. The molecule has 0 saturated heterocycles. The fourth-order valence-electron chi connectivity index (χ4n) is 3.26. The van der Waals surface area contributed by atoms with E-state index >= 15 is 0 Å². The molecule has 0 radical (unpaired) electrons. The lowest BCUT2D eigenvalue weighted by Gasteiger charge is -2.38. The first-order valence-electron chi connectivity index (χ1n) is 7.08. The monoisotopic (exact) mass is 295 g/mol. The molecule has 2 atom stereocenters. The van der Waals surface area contributed by atoms with Crippen molar-refractivity contribution in [1.29, 1.82) is 0 Å². The first kappa shape index (κ1) is 15.2. The molecule has 1 aromatic carbocycles. The van der Waals surface area contributed by atoms with Gasteiger partial charge in [-0.3, -0.25) is 0 Å². The molecule has 110 valence electrons. The minimum Gasteiger partial charge on any atom is -0.410 e. The van der Waals surface area contributed by atoms with Crippen LogP contribution in [0.15, 0.2) is 24.3 Å². The Morgan fingerprint density at radius 1 is 1.30 bits per heavy atom. The molecule has 20 heavy (non-hydrogen) atoms. The van der Waals surface area contributed by atoms with Gasteiger partial charge in [0.15, 0.2) is 0 Å². The minimum absolute atomic E-state index is 0.188. The number of carbonyl (C=O) groups is 1. The summed E-state index contributed by atoms with van der Waals surface area (Å²) in [5, 5.41) is 3.60. The van der Waals surface area contributed by atoms with Crippen LogP contribution in [0.5, 0.6) is 5.75 Å². The van der Waals surface area contributed by atoms with Gasteiger partial charge in [-0.2, -0.15) is 0 Å². The third-order valence-corrected chi connectivity index (χ3v) is 3.99. The second-order valence-corrected chi connectivity index (χ2v) is 7.03. The van der Waals surface area contributed by atoms with Crippen molar-refractivity contribution in [3.8, 4) is 5.75 Å². The Bertz CT molecular complexity index is 470. The molecule has 4 heteroatoms. The van der Waals surface area contributed by atoms with Crippen LogP contribution in [0.2, 0.25) is 5.02 Å². The molecule has 1 aromatic rings. The lowest BCUT2D eigenvalue weighted by atomic mass is 9.71. The minimum atomic E-state index is -0.387. The van der Waals surface area contributed by atoms with Crippen molar-refractivity contribution in [3.05, 3.63) is 29.3 Å². The number of benzene rings is 1. The van der Waals surface area contributed by atoms with Crippen molar-refractivity contribution in [2.24, 2.45) is 11.3 Å². The average molecular weight is 296 g/mol. The summed E-state index contributed by atoms with van der Waals surface area (Å²) >= 11 is 5.80. The zero-order valence-electron chi connectivity index (χ0n) is 12.3. The van der Waals surface area contributed by atoms with E-state index in [1.807, 2.05) is 0 Å². The van der Waals surface area contributed by atoms with Gasteiger partial charge in [0, 0.05) is 11.1 Å². The number of halogens is 1. The third kappa shape index (κ3) is 4.41. The first-order chi connectivity index (χ1) is 9.34. The quantitative estimate of drug-likeness (QED) is 0.863. The molecular weight excluding hydrogens is 274 g/mol. The lowest BCUT2D eigenvalue weighted by Crippen LogP contribution is -2.44. The number of hydrogen-bond donors (Lipinski definition) is 1. The highest BCUT2D eigenvalue weighted by Gasteiger charge is 2.32. The number of rotatable bonds is 2. The van der Waals surface area contributed by atoms with E-state index in [1.54, 1.807) is 24.3 Å². The SMILES string of the molecule is CC1CC(NC(=O)Oc2ccc(Cl)cc2)CC(C)(C)C1. The summed E-state index contributed by atoms with van der Waals surface area (Å²) in [5.74, 6) is 1.13. The molecule has 0 aliphatic heterocycles. The molecule has 2 unspecified atom stereocenters. The molecule has 1 amide bonds. The molecule has 0 aromatic heterocycles. The molecule has 2 rings (SSSR count). The van der Waals surface area contributed by atoms with Crippen molar-refractivity contribution < 1.29 is 9.53 Å². The Labute approximate surface area is 125 Å². The summed E-state index contributed by atoms with van der Waals surface area (Å²) < 4.78 is 5.27. The molecule has 1 saturated carbocycles. The van der Waals surface area contributed by atoms with Gasteiger partial charge in [0.25, 0.3) is 0 Å². The van der Waals surface area contributed by atoms with Gasteiger partial charge in [0.2, 0.25) is 0 Å². The Hall–Kier alpha value is -1.22. The van der Waals surface area contributed by atoms with Gasteiger partial charge in [-0.25, -0.2) is 4.79 Å². The predicted octanol–water partition coefficient (Wildman–Crippen LogP) is 4.64. The molecule has 1 aliphatic rings. The van der Waals surface area contributed by atoms with Crippen molar-refractivity contribution in [3.63, 3.8) is 0 Å². The maximum absolute atomic E-state index is 11.9. The Morgan fingerprint density at radius 3 is 2.55 bits per heavy atom. The van der Waals surface area contributed by atoms with Crippen LogP contribution < -0.4 is 10.1 Å². The molecule has 1 fully saturated rings. The van der Waals surface area contributed by atoms with Crippen LogP contribution in [0.4, 0.5) is 4.79 Å². The van der Waals surface area contributed by atoms with Gasteiger partial charge in [0.05, 0.1) is 0 Å². The van der Waals surface area contributed by atoms with E-state index in [2.05, 4.69) is 26.1 Å². The molecule has 0 heterocycles. The lowest BCUT2D eigenvalue weighted by molar-refractivity contribution is 0.142. The fraction of sp³-hybridized carbons (Fsp3) is 0.562. The fourth-order valence-corrected chi connectivity index (χ4v) is 3.39. The third-order valence-electron chi connectivity index (χ3n) is 3.73. The summed E-state index contributed by atoms with van der Waals surface area (Å²) in [6.45, 7) is 6.74. The van der Waals surface area contributed by atoms with E-state index in [0.717, 1.165) is 12.8 Å². The van der Waals surface area contributed by atoms with Crippen molar-refractivity contribution in [2.45, 2.75) is 46.1 Å². The Balaban J connectivity index is 1.89. The number of nitrogens with one attached hydrogen (secondary N) is 1. The second-order valence-electron chi connectivity index (χ2n) is 6.60. The summed E-state index contributed by atoms with van der Waals surface area (Å²) in [6, 6.07) is 6.98. The van der Waals surface area contributed by atoms with Crippen LogP contribution in [0, 0.1) is 11.3 Å². The summed E-state index contributed by atoms with van der Waals surface area (Å²) in [6.07, 6.45) is 2.83.